The first kappa shape index (κ1) is 14.4. The van der Waals surface area contributed by atoms with Crippen LogP contribution < -0.4 is 5.32 Å². The number of hydrogen-bond donors (Lipinski definition) is 2. The summed E-state index contributed by atoms with van der Waals surface area (Å²) in [5.41, 5.74) is -0.973. The van der Waals surface area contributed by atoms with Crippen molar-refractivity contribution in [2.45, 2.75) is 61.5 Å². The van der Waals surface area contributed by atoms with E-state index in [2.05, 4.69) is 15.5 Å². The van der Waals surface area contributed by atoms with Crippen molar-refractivity contribution in [2.24, 2.45) is 0 Å². The first-order chi connectivity index (χ1) is 9.76. The van der Waals surface area contributed by atoms with Gasteiger partial charge in [-0.1, -0.05) is 24.4 Å². The minimum Gasteiger partial charge on any atom is -0.379 e. The summed E-state index contributed by atoms with van der Waals surface area (Å²) < 4.78 is 5.28. The Hall–Kier alpha value is -0.590. The standard InChI is InChI=1S/C14H23N3O2S/c18-14(7-4-8-15-10-14)13-16-12(17-19-13)9-20-11-5-2-1-3-6-11/h11,15,18H,1-10H2. The maximum Gasteiger partial charge on any atom is 0.259 e. The average molecular weight is 297 g/mol. The van der Waals surface area contributed by atoms with E-state index in [1.807, 2.05) is 11.8 Å². The molecular formula is C14H23N3O2S. The molecule has 1 aromatic rings. The molecular weight excluding hydrogens is 274 g/mol. The number of rotatable bonds is 4. The van der Waals surface area contributed by atoms with Crippen LogP contribution in [0.15, 0.2) is 4.52 Å². The van der Waals surface area contributed by atoms with Gasteiger partial charge in [0.25, 0.3) is 5.89 Å². The molecule has 0 radical (unpaired) electrons. The van der Waals surface area contributed by atoms with Gasteiger partial charge in [-0.25, -0.2) is 0 Å². The molecule has 2 heterocycles. The number of aromatic nitrogens is 2. The van der Waals surface area contributed by atoms with E-state index < -0.39 is 5.60 Å². The molecule has 6 heteroatoms. The fraction of sp³-hybridized carbons (Fsp3) is 0.857. The summed E-state index contributed by atoms with van der Waals surface area (Å²) in [5, 5.41) is 18.5. The molecule has 0 amide bonds. The Bertz CT molecular complexity index is 426. The van der Waals surface area contributed by atoms with E-state index in [1.165, 1.54) is 32.1 Å². The summed E-state index contributed by atoms with van der Waals surface area (Å²) in [7, 11) is 0. The predicted molar refractivity (Wildman–Crippen MR) is 78.5 cm³/mol. The highest BCUT2D eigenvalue weighted by atomic mass is 32.2. The minimum atomic E-state index is -0.973. The summed E-state index contributed by atoms with van der Waals surface area (Å²) in [5.74, 6) is 1.89. The van der Waals surface area contributed by atoms with Crippen LogP contribution in [-0.2, 0) is 11.4 Å². The molecule has 2 fully saturated rings. The molecule has 1 aliphatic carbocycles. The third-order valence-electron chi connectivity index (χ3n) is 4.23. The molecule has 1 aromatic heterocycles. The maximum absolute atomic E-state index is 10.5. The maximum atomic E-state index is 10.5. The number of β-amino-alcohol motifs (C(OH)–C–C–N with tert-alkyl or cyclic N) is 1. The zero-order chi connectivity index (χ0) is 13.8. The molecule has 1 unspecified atom stereocenters. The largest absolute Gasteiger partial charge is 0.379 e. The summed E-state index contributed by atoms with van der Waals surface area (Å²) >= 11 is 1.93. The zero-order valence-electron chi connectivity index (χ0n) is 11.8. The lowest BCUT2D eigenvalue weighted by Crippen LogP contribution is -2.43. The minimum absolute atomic E-state index is 0.379. The van der Waals surface area contributed by atoms with Crippen molar-refractivity contribution >= 4 is 11.8 Å². The van der Waals surface area contributed by atoms with Crippen molar-refractivity contribution in [2.75, 3.05) is 13.1 Å². The second kappa shape index (κ2) is 6.45. The van der Waals surface area contributed by atoms with Gasteiger partial charge in [0.2, 0.25) is 0 Å². The molecule has 0 bridgehead atoms. The summed E-state index contributed by atoms with van der Waals surface area (Å²) in [6, 6.07) is 0. The molecule has 1 saturated heterocycles. The molecule has 2 N–H and O–H groups in total. The van der Waals surface area contributed by atoms with E-state index in [1.54, 1.807) is 0 Å². The van der Waals surface area contributed by atoms with Gasteiger partial charge < -0.3 is 14.9 Å². The van der Waals surface area contributed by atoms with E-state index in [9.17, 15) is 5.11 Å². The Balaban J connectivity index is 1.56. The van der Waals surface area contributed by atoms with Crippen LogP contribution in [0.4, 0.5) is 0 Å². The normalized spacial score (nSPS) is 28.6. The number of piperidine rings is 1. The SMILES string of the molecule is OC1(c2nc(CSC3CCCCC3)no2)CCCNC1. The Morgan fingerprint density at radius 2 is 2.15 bits per heavy atom. The van der Waals surface area contributed by atoms with Gasteiger partial charge in [0.1, 0.15) is 0 Å². The lowest BCUT2D eigenvalue weighted by Gasteiger charge is -2.28. The summed E-state index contributed by atoms with van der Waals surface area (Å²) in [4.78, 5) is 4.40. The fourth-order valence-electron chi connectivity index (χ4n) is 3.00. The van der Waals surface area contributed by atoms with Crippen molar-refractivity contribution in [3.63, 3.8) is 0 Å². The van der Waals surface area contributed by atoms with Crippen molar-refractivity contribution < 1.29 is 9.63 Å². The zero-order valence-corrected chi connectivity index (χ0v) is 12.6. The van der Waals surface area contributed by atoms with Crippen LogP contribution >= 0.6 is 11.8 Å². The van der Waals surface area contributed by atoms with Gasteiger partial charge in [0, 0.05) is 11.8 Å². The van der Waals surface area contributed by atoms with Crippen molar-refractivity contribution in [3.8, 4) is 0 Å². The molecule has 0 aromatic carbocycles. The number of nitrogens with one attached hydrogen (secondary N) is 1. The van der Waals surface area contributed by atoms with Gasteiger partial charge in [-0.3, -0.25) is 0 Å². The van der Waals surface area contributed by atoms with Gasteiger partial charge in [-0.05, 0) is 32.2 Å². The molecule has 1 atom stereocenters. The predicted octanol–water partition coefficient (Wildman–Crippen LogP) is 2.21. The van der Waals surface area contributed by atoms with E-state index >= 15 is 0 Å². The molecule has 3 rings (SSSR count). The molecule has 112 valence electrons. The third kappa shape index (κ3) is 3.35. The van der Waals surface area contributed by atoms with Gasteiger partial charge >= 0.3 is 0 Å². The van der Waals surface area contributed by atoms with Crippen LogP contribution in [-0.4, -0.2) is 33.6 Å². The monoisotopic (exact) mass is 297 g/mol. The first-order valence-corrected chi connectivity index (χ1v) is 8.69. The highest BCUT2D eigenvalue weighted by Gasteiger charge is 2.37. The van der Waals surface area contributed by atoms with Crippen LogP contribution in [0.1, 0.15) is 56.7 Å². The van der Waals surface area contributed by atoms with E-state index in [0.717, 1.165) is 29.8 Å². The fourth-order valence-corrected chi connectivity index (χ4v) is 4.17. The molecule has 20 heavy (non-hydrogen) atoms. The highest BCUT2D eigenvalue weighted by molar-refractivity contribution is 7.99. The quantitative estimate of drug-likeness (QED) is 0.888. The number of aliphatic hydroxyl groups is 1. The number of hydrogen-bond acceptors (Lipinski definition) is 6. The number of thioether (sulfide) groups is 1. The van der Waals surface area contributed by atoms with Gasteiger partial charge in [-0.15, -0.1) is 0 Å². The van der Waals surface area contributed by atoms with Crippen LogP contribution in [0.5, 0.6) is 0 Å². The van der Waals surface area contributed by atoms with Crippen LogP contribution in [0.2, 0.25) is 0 Å². The Morgan fingerprint density at radius 3 is 2.90 bits per heavy atom. The van der Waals surface area contributed by atoms with E-state index in [4.69, 9.17) is 4.52 Å². The van der Waals surface area contributed by atoms with Crippen LogP contribution in [0, 0.1) is 0 Å². The second-order valence-electron chi connectivity index (χ2n) is 5.90. The molecule has 0 spiro atoms. The molecule has 5 nitrogen and oxygen atoms in total. The van der Waals surface area contributed by atoms with Crippen molar-refractivity contribution in [1.29, 1.82) is 0 Å². The van der Waals surface area contributed by atoms with Crippen molar-refractivity contribution in [1.82, 2.24) is 15.5 Å². The average Bonchev–Trinajstić information content (AvgIpc) is 2.97. The highest BCUT2D eigenvalue weighted by Crippen LogP contribution is 2.31. The van der Waals surface area contributed by atoms with Crippen LogP contribution in [0.25, 0.3) is 0 Å². The van der Waals surface area contributed by atoms with Gasteiger partial charge in [0.15, 0.2) is 11.4 Å². The van der Waals surface area contributed by atoms with Gasteiger partial charge in [-0.2, -0.15) is 16.7 Å². The molecule has 2 aliphatic rings. The molecule has 1 aliphatic heterocycles. The van der Waals surface area contributed by atoms with E-state index in [-0.39, 0.29) is 0 Å². The Morgan fingerprint density at radius 1 is 1.30 bits per heavy atom. The van der Waals surface area contributed by atoms with Gasteiger partial charge in [0.05, 0.1) is 5.75 Å². The molecule has 1 saturated carbocycles. The number of nitrogens with zero attached hydrogens (tertiary/aromatic N) is 2. The van der Waals surface area contributed by atoms with Crippen LogP contribution in [0.3, 0.4) is 0 Å². The Kier molecular flexibility index (Phi) is 4.63. The lowest BCUT2D eigenvalue weighted by atomic mass is 9.94. The summed E-state index contributed by atoms with van der Waals surface area (Å²) in [6.45, 7) is 1.45. The Labute approximate surface area is 123 Å². The summed E-state index contributed by atoms with van der Waals surface area (Å²) in [6.07, 6.45) is 8.32. The van der Waals surface area contributed by atoms with Crippen molar-refractivity contribution in [3.05, 3.63) is 11.7 Å². The smallest absolute Gasteiger partial charge is 0.259 e. The third-order valence-corrected chi connectivity index (χ3v) is 5.60. The lowest BCUT2D eigenvalue weighted by molar-refractivity contribution is -0.0167. The van der Waals surface area contributed by atoms with E-state index in [0.29, 0.717) is 18.9 Å². The first-order valence-electron chi connectivity index (χ1n) is 7.64. The second-order valence-corrected chi connectivity index (χ2v) is 7.19. The topological polar surface area (TPSA) is 71.2 Å².